The summed E-state index contributed by atoms with van der Waals surface area (Å²) < 4.78 is 0. The molecule has 1 heterocycles. The molecule has 24 heavy (non-hydrogen) atoms. The van der Waals surface area contributed by atoms with Gasteiger partial charge in [-0.15, -0.1) is 42.6 Å². The Morgan fingerprint density at radius 3 is 2.25 bits per heavy atom. The van der Waals surface area contributed by atoms with E-state index in [1.807, 2.05) is 12.2 Å². The van der Waals surface area contributed by atoms with E-state index in [9.17, 15) is 0 Å². The number of hydrogen-bond acceptors (Lipinski definition) is 0. The summed E-state index contributed by atoms with van der Waals surface area (Å²) in [4.78, 5) is 0. The fraction of sp³-hybridized carbons (Fsp3) is 0.150. The summed E-state index contributed by atoms with van der Waals surface area (Å²) in [6.45, 7) is 4.26. The molecule has 0 radical (unpaired) electrons. The van der Waals surface area contributed by atoms with Crippen LogP contribution < -0.4 is 0 Å². The normalized spacial score (nSPS) is 13.8. The second kappa shape index (κ2) is 9.76. The third-order valence-corrected chi connectivity index (χ3v) is 5.41. The van der Waals surface area contributed by atoms with E-state index in [0.29, 0.717) is 0 Å². The molecule has 1 aliphatic rings. The minimum absolute atomic E-state index is 0.148. The third kappa shape index (κ3) is 6.03. The summed E-state index contributed by atoms with van der Waals surface area (Å²) in [5, 5.41) is 4.18. The van der Waals surface area contributed by atoms with Gasteiger partial charge in [0.2, 0.25) is 0 Å². The summed E-state index contributed by atoms with van der Waals surface area (Å²) in [7, 11) is 9.63. The zero-order valence-corrected chi connectivity index (χ0v) is 17.7. The first-order valence-electron chi connectivity index (χ1n) is 7.59. The number of benzene rings is 1. The van der Waals surface area contributed by atoms with Gasteiger partial charge in [0.1, 0.15) is 0 Å². The molecule has 0 fully saturated rings. The maximum atomic E-state index is 4.89. The third-order valence-electron chi connectivity index (χ3n) is 3.57. The van der Waals surface area contributed by atoms with Gasteiger partial charge in [0.25, 0.3) is 0 Å². The number of rotatable bonds is 1. The van der Waals surface area contributed by atoms with Crippen LogP contribution in [0.2, 0.25) is 0 Å². The van der Waals surface area contributed by atoms with Crippen molar-refractivity contribution in [2.75, 3.05) is 0 Å². The molecule has 0 amide bonds. The molecule has 0 atom stereocenters. The molecular formula is C20H19Cl2PTi-2. The zero-order valence-electron chi connectivity index (χ0n) is 13.7. The first-order chi connectivity index (χ1) is 11.6. The smallest absolute Gasteiger partial charge is 0.0395 e. The summed E-state index contributed by atoms with van der Waals surface area (Å²) >= 11 is -0.556. The van der Waals surface area contributed by atoms with Gasteiger partial charge in [-0.25, -0.2) is 12.2 Å². The van der Waals surface area contributed by atoms with Gasteiger partial charge in [0.05, 0.1) is 0 Å². The summed E-state index contributed by atoms with van der Waals surface area (Å²) in [6, 6.07) is 17.4. The Labute approximate surface area is 162 Å². The van der Waals surface area contributed by atoms with Gasteiger partial charge in [-0.2, -0.15) is 12.1 Å². The number of fused-ring (bicyclic) bond motifs is 1. The van der Waals surface area contributed by atoms with Crippen molar-refractivity contribution in [3.8, 4) is 5.30 Å². The Hall–Kier alpha value is -0.616. The van der Waals surface area contributed by atoms with Gasteiger partial charge >= 0.3 is 35.6 Å². The molecule has 0 saturated heterocycles. The van der Waals surface area contributed by atoms with Crippen LogP contribution in [0.15, 0.2) is 78.4 Å². The van der Waals surface area contributed by atoms with E-state index in [2.05, 4.69) is 86.1 Å². The van der Waals surface area contributed by atoms with Gasteiger partial charge in [-0.3, -0.25) is 6.08 Å². The van der Waals surface area contributed by atoms with Crippen molar-refractivity contribution in [3.05, 3.63) is 84.4 Å². The maximum Gasteiger partial charge on any atom is -0.0395 e. The van der Waals surface area contributed by atoms with Gasteiger partial charge in [-0.05, 0) is 11.6 Å². The Bertz CT molecular complexity index is 751. The molecule has 0 N–H and O–H groups in total. The molecule has 0 aliphatic heterocycles. The molecule has 2 aromatic carbocycles. The predicted octanol–water partition coefficient (Wildman–Crippen LogP) is 7.85. The van der Waals surface area contributed by atoms with E-state index in [1.165, 1.54) is 16.1 Å². The molecule has 4 rings (SSSR count). The molecule has 124 valence electrons. The van der Waals surface area contributed by atoms with E-state index in [1.54, 1.807) is 0 Å². The van der Waals surface area contributed by atoms with Crippen molar-refractivity contribution < 1.29 is 17.0 Å². The molecule has 0 nitrogen and oxygen atoms in total. The minimum atomic E-state index is -0.556. The first-order valence-corrected chi connectivity index (χ1v) is 13.4. The fourth-order valence-corrected chi connectivity index (χ4v) is 3.98. The predicted molar refractivity (Wildman–Crippen MR) is 106 cm³/mol. The number of allylic oxidation sites excluding steroid dienone is 4. The van der Waals surface area contributed by atoms with Gasteiger partial charge in [0.15, 0.2) is 0 Å². The van der Waals surface area contributed by atoms with Gasteiger partial charge in [0, 0.05) is 0 Å². The van der Waals surface area contributed by atoms with Crippen molar-refractivity contribution in [2.45, 2.75) is 13.8 Å². The minimum Gasteiger partial charge on any atom is -0.157 e. The molecule has 0 unspecified atom stereocenters. The van der Waals surface area contributed by atoms with E-state index >= 15 is 0 Å². The van der Waals surface area contributed by atoms with Crippen molar-refractivity contribution in [2.24, 2.45) is 5.41 Å². The van der Waals surface area contributed by atoms with Crippen LogP contribution in [0.25, 0.3) is 16.1 Å². The Kier molecular flexibility index (Phi) is 8.01. The van der Waals surface area contributed by atoms with Crippen LogP contribution >= 0.6 is 26.1 Å². The SMILES string of the molecule is CC1(C)[C-]=CC=C1.[Cl][Ti][Cl].c1ccc2[cH-]c(-p3cccc3)cc2c1. The first kappa shape index (κ1) is 19.7. The van der Waals surface area contributed by atoms with Gasteiger partial charge in [-0.1, -0.05) is 42.8 Å². The van der Waals surface area contributed by atoms with Crippen molar-refractivity contribution >= 4 is 36.9 Å². The molecule has 0 bridgehead atoms. The van der Waals surface area contributed by atoms with Crippen LogP contribution in [-0.2, 0) is 17.0 Å². The fourth-order valence-electron chi connectivity index (χ4n) is 2.39. The monoisotopic (exact) mass is 408 g/mol. The molecular weight excluding hydrogens is 390 g/mol. The average molecular weight is 409 g/mol. The summed E-state index contributed by atoms with van der Waals surface area (Å²) in [5.41, 5.74) is 0.208. The maximum absolute atomic E-state index is 4.89. The molecule has 3 aromatic rings. The van der Waals surface area contributed by atoms with Crippen LogP contribution in [0.3, 0.4) is 0 Å². The van der Waals surface area contributed by atoms with Crippen LogP contribution in [-0.4, -0.2) is 0 Å². The molecule has 4 heteroatoms. The van der Waals surface area contributed by atoms with Crippen molar-refractivity contribution in [1.29, 1.82) is 0 Å². The summed E-state index contributed by atoms with van der Waals surface area (Å²) in [6.07, 6.45) is 9.28. The van der Waals surface area contributed by atoms with Crippen LogP contribution in [0.5, 0.6) is 0 Å². The number of hydrogen-bond donors (Lipinski definition) is 0. The zero-order chi connectivity index (χ0) is 17.4. The Morgan fingerprint density at radius 2 is 1.75 bits per heavy atom. The largest absolute Gasteiger partial charge is 0.157 e. The van der Waals surface area contributed by atoms with Crippen LogP contribution in [0.4, 0.5) is 0 Å². The standard InChI is InChI=1S/C13H10P.C7H9.2ClH.Ti/c1-2-6-12-10-13(9-11(12)5-1)14-7-3-4-8-14;1-7(2)5-3-4-6-7;;;/h1-10H;3-5H,1-2H3;2*1H;/q2*-1;;;+2/p-2. The second-order valence-corrected chi connectivity index (χ2v) is 10.4. The molecule has 1 aromatic heterocycles. The topological polar surface area (TPSA) is 0 Å². The summed E-state index contributed by atoms with van der Waals surface area (Å²) in [5.74, 6) is 4.59. The van der Waals surface area contributed by atoms with E-state index in [0.717, 1.165) is 0 Å². The Morgan fingerprint density at radius 1 is 1.08 bits per heavy atom. The van der Waals surface area contributed by atoms with E-state index in [4.69, 9.17) is 18.6 Å². The van der Waals surface area contributed by atoms with E-state index in [-0.39, 0.29) is 12.9 Å². The van der Waals surface area contributed by atoms with Crippen molar-refractivity contribution in [1.82, 2.24) is 0 Å². The quantitative estimate of drug-likeness (QED) is 0.284. The Balaban J connectivity index is 0.000000176. The van der Waals surface area contributed by atoms with Gasteiger partial charge < -0.3 is 0 Å². The second-order valence-electron chi connectivity index (χ2n) is 5.90. The average Bonchev–Trinajstić information content (AvgIpc) is 3.27. The van der Waals surface area contributed by atoms with Crippen LogP contribution in [0.1, 0.15) is 13.8 Å². The van der Waals surface area contributed by atoms with Crippen molar-refractivity contribution in [3.63, 3.8) is 0 Å². The molecule has 0 saturated carbocycles. The molecule has 0 spiro atoms. The number of halogens is 2. The molecule has 1 aliphatic carbocycles. The van der Waals surface area contributed by atoms with Crippen LogP contribution in [0, 0.1) is 11.5 Å². The van der Waals surface area contributed by atoms with E-state index < -0.39 is 17.0 Å².